The molecular weight excluding hydrogens is 262 g/mol. The zero-order valence-electron chi connectivity index (χ0n) is 12.9. The Kier molecular flexibility index (Phi) is 4.34. The highest BCUT2D eigenvalue weighted by atomic mass is 16.5. The maximum atomic E-state index is 5.54. The summed E-state index contributed by atoms with van der Waals surface area (Å²) < 4.78 is 5.54. The Balaban J connectivity index is 1.81. The minimum atomic E-state index is 0.330. The molecule has 0 aromatic carbocycles. The highest BCUT2D eigenvalue weighted by molar-refractivity contribution is 5.12. The van der Waals surface area contributed by atoms with Crippen molar-refractivity contribution in [1.82, 2.24) is 15.0 Å². The molecule has 0 bridgehead atoms. The minimum absolute atomic E-state index is 0.330. The quantitative estimate of drug-likeness (QED) is 0.860. The van der Waals surface area contributed by atoms with Crippen LogP contribution in [0.3, 0.4) is 0 Å². The summed E-state index contributed by atoms with van der Waals surface area (Å²) in [5, 5.41) is 4.06. The van der Waals surface area contributed by atoms with Crippen LogP contribution in [0.2, 0.25) is 0 Å². The SMILES string of the molecule is Cc1cc(C2CCCCCN2Cc2cccc(C)n2)on1. The Morgan fingerprint density at radius 3 is 2.86 bits per heavy atom. The molecule has 0 N–H and O–H groups in total. The first kappa shape index (κ1) is 14.3. The van der Waals surface area contributed by atoms with Gasteiger partial charge in [0.2, 0.25) is 0 Å². The van der Waals surface area contributed by atoms with Gasteiger partial charge in [-0.1, -0.05) is 24.1 Å². The highest BCUT2D eigenvalue weighted by Gasteiger charge is 2.26. The fraction of sp³-hybridized carbons (Fsp3) is 0.529. The van der Waals surface area contributed by atoms with Gasteiger partial charge in [0, 0.05) is 18.3 Å². The van der Waals surface area contributed by atoms with Gasteiger partial charge in [0.1, 0.15) is 0 Å². The fourth-order valence-corrected chi connectivity index (χ4v) is 3.12. The smallest absolute Gasteiger partial charge is 0.154 e. The molecule has 1 aliphatic rings. The molecule has 2 aromatic heterocycles. The maximum Gasteiger partial charge on any atom is 0.154 e. The number of aromatic nitrogens is 2. The molecule has 1 unspecified atom stereocenters. The molecule has 3 rings (SSSR count). The van der Waals surface area contributed by atoms with Gasteiger partial charge in [-0.3, -0.25) is 9.88 Å². The van der Waals surface area contributed by atoms with E-state index in [9.17, 15) is 0 Å². The Morgan fingerprint density at radius 1 is 1.19 bits per heavy atom. The number of hydrogen-bond donors (Lipinski definition) is 0. The average Bonchev–Trinajstić information content (AvgIpc) is 2.75. The van der Waals surface area contributed by atoms with E-state index in [1.165, 1.54) is 19.3 Å². The first-order valence-corrected chi connectivity index (χ1v) is 7.82. The lowest BCUT2D eigenvalue weighted by molar-refractivity contribution is 0.158. The third-order valence-corrected chi connectivity index (χ3v) is 4.15. The van der Waals surface area contributed by atoms with Crippen molar-refractivity contribution in [3.05, 3.63) is 47.1 Å². The Morgan fingerprint density at radius 2 is 2.10 bits per heavy atom. The van der Waals surface area contributed by atoms with Crippen molar-refractivity contribution in [3.8, 4) is 0 Å². The van der Waals surface area contributed by atoms with Crippen LogP contribution in [0, 0.1) is 13.8 Å². The summed E-state index contributed by atoms with van der Waals surface area (Å²) >= 11 is 0. The first-order chi connectivity index (χ1) is 10.2. The standard InChI is InChI=1S/C17H23N3O/c1-13-7-6-8-15(18-13)12-20-10-5-3-4-9-16(20)17-11-14(2)19-21-17/h6-8,11,16H,3-5,9-10,12H2,1-2H3. The lowest BCUT2D eigenvalue weighted by Crippen LogP contribution is -2.28. The highest BCUT2D eigenvalue weighted by Crippen LogP contribution is 2.31. The molecule has 1 aliphatic heterocycles. The molecule has 1 saturated heterocycles. The molecular formula is C17H23N3O. The monoisotopic (exact) mass is 285 g/mol. The molecule has 112 valence electrons. The predicted octanol–water partition coefficient (Wildman–Crippen LogP) is 3.80. The van der Waals surface area contributed by atoms with Crippen molar-refractivity contribution < 1.29 is 4.52 Å². The third kappa shape index (κ3) is 3.50. The molecule has 3 heterocycles. The minimum Gasteiger partial charge on any atom is -0.359 e. The van der Waals surface area contributed by atoms with Crippen molar-refractivity contribution in [3.63, 3.8) is 0 Å². The van der Waals surface area contributed by atoms with Crippen LogP contribution in [0.1, 0.15) is 54.6 Å². The molecule has 0 spiro atoms. The van der Waals surface area contributed by atoms with Crippen LogP contribution in [0.4, 0.5) is 0 Å². The largest absolute Gasteiger partial charge is 0.359 e. The van der Waals surface area contributed by atoms with Crippen LogP contribution in [-0.2, 0) is 6.54 Å². The number of aryl methyl sites for hydroxylation is 2. The summed E-state index contributed by atoms with van der Waals surface area (Å²) in [5.41, 5.74) is 3.18. The molecule has 1 fully saturated rings. The van der Waals surface area contributed by atoms with Crippen LogP contribution in [0.15, 0.2) is 28.8 Å². The number of nitrogens with zero attached hydrogens (tertiary/aromatic N) is 3. The molecule has 0 aliphatic carbocycles. The van der Waals surface area contributed by atoms with Gasteiger partial charge in [0.25, 0.3) is 0 Å². The average molecular weight is 285 g/mol. The Labute approximate surface area is 126 Å². The van der Waals surface area contributed by atoms with E-state index < -0.39 is 0 Å². The summed E-state index contributed by atoms with van der Waals surface area (Å²) in [6.45, 7) is 6.01. The van der Waals surface area contributed by atoms with Crippen molar-refractivity contribution >= 4 is 0 Å². The summed E-state index contributed by atoms with van der Waals surface area (Å²) in [4.78, 5) is 7.14. The first-order valence-electron chi connectivity index (χ1n) is 7.82. The van der Waals surface area contributed by atoms with Gasteiger partial charge in [0.05, 0.1) is 17.4 Å². The van der Waals surface area contributed by atoms with Crippen LogP contribution in [-0.4, -0.2) is 21.6 Å². The van der Waals surface area contributed by atoms with Gasteiger partial charge in [0.15, 0.2) is 5.76 Å². The van der Waals surface area contributed by atoms with Gasteiger partial charge < -0.3 is 4.52 Å². The zero-order chi connectivity index (χ0) is 14.7. The molecule has 0 radical (unpaired) electrons. The van der Waals surface area contributed by atoms with Crippen LogP contribution in [0.25, 0.3) is 0 Å². The van der Waals surface area contributed by atoms with E-state index in [-0.39, 0.29) is 0 Å². The second-order valence-electron chi connectivity index (χ2n) is 5.98. The fourth-order valence-electron chi connectivity index (χ4n) is 3.12. The summed E-state index contributed by atoms with van der Waals surface area (Å²) in [5.74, 6) is 1.00. The Bertz CT molecular complexity index is 593. The molecule has 2 aromatic rings. The van der Waals surface area contributed by atoms with E-state index in [0.29, 0.717) is 6.04 Å². The van der Waals surface area contributed by atoms with E-state index in [1.807, 2.05) is 19.9 Å². The summed E-state index contributed by atoms with van der Waals surface area (Å²) in [6.07, 6.45) is 4.93. The second kappa shape index (κ2) is 6.39. The maximum absolute atomic E-state index is 5.54. The van der Waals surface area contributed by atoms with Gasteiger partial charge in [-0.2, -0.15) is 0 Å². The van der Waals surface area contributed by atoms with E-state index in [0.717, 1.165) is 42.4 Å². The zero-order valence-corrected chi connectivity index (χ0v) is 12.9. The third-order valence-electron chi connectivity index (χ3n) is 4.15. The van der Waals surface area contributed by atoms with Crippen LogP contribution >= 0.6 is 0 Å². The summed E-state index contributed by atoms with van der Waals surface area (Å²) in [6, 6.07) is 8.65. The summed E-state index contributed by atoms with van der Waals surface area (Å²) in [7, 11) is 0. The lowest BCUT2D eigenvalue weighted by Gasteiger charge is -2.27. The molecule has 0 saturated carbocycles. The van der Waals surface area contributed by atoms with Gasteiger partial charge in [-0.25, -0.2) is 0 Å². The van der Waals surface area contributed by atoms with Crippen molar-refractivity contribution in [2.75, 3.05) is 6.54 Å². The number of rotatable bonds is 3. The van der Waals surface area contributed by atoms with Gasteiger partial charge >= 0.3 is 0 Å². The topological polar surface area (TPSA) is 42.2 Å². The van der Waals surface area contributed by atoms with Crippen LogP contribution in [0.5, 0.6) is 0 Å². The van der Waals surface area contributed by atoms with Crippen LogP contribution < -0.4 is 0 Å². The predicted molar refractivity (Wildman–Crippen MR) is 81.8 cm³/mol. The van der Waals surface area contributed by atoms with Gasteiger partial charge in [-0.15, -0.1) is 0 Å². The number of hydrogen-bond acceptors (Lipinski definition) is 4. The van der Waals surface area contributed by atoms with Crippen molar-refractivity contribution in [2.24, 2.45) is 0 Å². The Hall–Kier alpha value is -1.68. The molecule has 21 heavy (non-hydrogen) atoms. The van der Waals surface area contributed by atoms with E-state index in [1.54, 1.807) is 0 Å². The van der Waals surface area contributed by atoms with E-state index in [4.69, 9.17) is 4.52 Å². The van der Waals surface area contributed by atoms with E-state index in [2.05, 4.69) is 33.2 Å². The molecule has 4 nitrogen and oxygen atoms in total. The van der Waals surface area contributed by atoms with Crippen molar-refractivity contribution in [2.45, 2.75) is 52.1 Å². The molecule has 4 heteroatoms. The lowest BCUT2D eigenvalue weighted by atomic mass is 10.1. The van der Waals surface area contributed by atoms with Gasteiger partial charge in [-0.05, 0) is 45.4 Å². The number of likely N-dealkylation sites (tertiary alicyclic amines) is 1. The molecule has 1 atom stereocenters. The second-order valence-corrected chi connectivity index (χ2v) is 5.98. The van der Waals surface area contributed by atoms with E-state index >= 15 is 0 Å². The normalized spacial score (nSPS) is 20.4. The molecule has 0 amide bonds. The van der Waals surface area contributed by atoms with Crippen molar-refractivity contribution in [1.29, 1.82) is 0 Å². The number of pyridine rings is 1.